The summed E-state index contributed by atoms with van der Waals surface area (Å²) in [6.45, 7) is 13.8. The van der Waals surface area contributed by atoms with Crippen LogP contribution in [0.4, 0.5) is 11.4 Å². The molecule has 0 spiro atoms. The van der Waals surface area contributed by atoms with Crippen LogP contribution in [0.15, 0.2) is 59.0 Å². The number of benzene rings is 2. The first-order valence-corrected chi connectivity index (χ1v) is 14.9. The number of aromatic nitrogens is 4. The molecule has 0 N–H and O–H groups in total. The van der Waals surface area contributed by atoms with Gasteiger partial charge in [-0.05, 0) is 98.2 Å². The predicted octanol–water partition coefficient (Wildman–Crippen LogP) is 4.32. The summed E-state index contributed by atoms with van der Waals surface area (Å²) in [5.74, 6) is 0.679. The van der Waals surface area contributed by atoms with Crippen molar-refractivity contribution in [3.63, 3.8) is 0 Å². The Morgan fingerprint density at radius 3 is 1.29 bits per heavy atom. The van der Waals surface area contributed by atoms with Crippen molar-refractivity contribution < 1.29 is 19.3 Å². The van der Waals surface area contributed by atoms with Gasteiger partial charge in [0.25, 0.3) is 11.6 Å². The summed E-state index contributed by atoms with van der Waals surface area (Å²) in [5.41, 5.74) is 7.24. The Morgan fingerprint density at radius 1 is 0.643 bits per heavy atom. The zero-order chi connectivity index (χ0) is 30.6. The molecule has 0 aliphatic rings. The molecule has 8 heteroatoms. The highest BCUT2D eigenvalue weighted by atomic mass is 16.3. The monoisotopic (exact) mass is 568 g/mol. The molecule has 0 amide bonds. The lowest BCUT2D eigenvalue weighted by Crippen LogP contribution is -2.40. The Bertz CT molecular complexity index is 1470. The minimum Gasteiger partial charge on any atom is -0.853 e. The fourth-order valence-corrected chi connectivity index (χ4v) is 5.51. The van der Waals surface area contributed by atoms with Gasteiger partial charge in [-0.2, -0.15) is 0 Å². The molecule has 222 valence electrons. The highest BCUT2D eigenvalue weighted by Gasteiger charge is 2.18. The summed E-state index contributed by atoms with van der Waals surface area (Å²) in [6, 6.07) is 8.30. The summed E-state index contributed by atoms with van der Waals surface area (Å²) >= 11 is 0. The maximum absolute atomic E-state index is 13.3. The Kier molecular flexibility index (Phi) is 9.66. The van der Waals surface area contributed by atoms with Gasteiger partial charge in [0, 0.05) is 0 Å². The van der Waals surface area contributed by atoms with Gasteiger partial charge >= 0.3 is 0 Å². The van der Waals surface area contributed by atoms with Crippen LogP contribution in [0.25, 0.3) is 11.1 Å². The lowest BCUT2D eigenvalue weighted by Gasteiger charge is -2.16. The highest BCUT2D eigenvalue weighted by molar-refractivity contribution is 5.90. The average Bonchev–Trinajstić information content (AvgIpc) is 3.51. The quantitative estimate of drug-likeness (QED) is 0.153. The second-order valence-electron chi connectivity index (χ2n) is 11.3. The van der Waals surface area contributed by atoms with Crippen LogP contribution in [-0.2, 0) is 27.2 Å². The Hall–Kier alpha value is -4.20. The SMILES string of the molecule is CCCCn1cc[n+](C)c1/C([O-])=N/c1c(C)cc(-c2cc(C)c(/N=C(\[O-])c3n(CCCC)cc[n+]3C)c(C)c2)cc1C. The number of aryl methyl sites for hydroxylation is 8. The molecule has 8 nitrogen and oxygen atoms in total. The van der Waals surface area contributed by atoms with Gasteiger partial charge < -0.3 is 10.2 Å². The first kappa shape index (κ1) is 30.8. The van der Waals surface area contributed by atoms with Crippen molar-refractivity contribution >= 4 is 23.2 Å². The Morgan fingerprint density at radius 2 is 0.976 bits per heavy atom. The van der Waals surface area contributed by atoms with Crippen LogP contribution in [0.5, 0.6) is 0 Å². The molecule has 0 saturated carbocycles. The largest absolute Gasteiger partial charge is 0.853 e. The van der Waals surface area contributed by atoms with E-state index in [9.17, 15) is 10.2 Å². The van der Waals surface area contributed by atoms with E-state index in [4.69, 9.17) is 0 Å². The van der Waals surface area contributed by atoms with Crippen molar-refractivity contribution in [3.8, 4) is 11.1 Å². The molecule has 2 aromatic carbocycles. The van der Waals surface area contributed by atoms with Crippen molar-refractivity contribution in [2.75, 3.05) is 0 Å². The summed E-state index contributed by atoms with van der Waals surface area (Å²) in [6.07, 6.45) is 11.8. The number of aliphatic imine (C=N–C) groups is 2. The van der Waals surface area contributed by atoms with E-state index in [0.717, 1.165) is 72.2 Å². The van der Waals surface area contributed by atoms with E-state index in [-0.39, 0.29) is 11.8 Å². The van der Waals surface area contributed by atoms with Gasteiger partial charge in [0.2, 0.25) is 0 Å². The number of nitrogens with zero attached hydrogens (tertiary/aromatic N) is 6. The predicted molar refractivity (Wildman–Crippen MR) is 164 cm³/mol. The summed E-state index contributed by atoms with van der Waals surface area (Å²) in [5, 5.41) is 26.6. The molecule has 0 fully saturated rings. The molecule has 2 aromatic heterocycles. The van der Waals surface area contributed by atoms with Crippen LogP contribution in [0.1, 0.15) is 73.4 Å². The van der Waals surface area contributed by atoms with Gasteiger partial charge in [-0.15, -0.1) is 0 Å². The first-order chi connectivity index (χ1) is 20.0. The van der Waals surface area contributed by atoms with Crippen LogP contribution in [0, 0.1) is 27.7 Å². The third-order valence-corrected chi connectivity index (χ3v) is 7.78. The molecule has 0 radical (unpaired) electrons. The molecule has 0 unspecified atom stereocenters. The van der Waals surface area contributed by atoms with Crippen molar-refractivity contribution in [1.82, 2.24) is 9.13 Å². The van der Waals surface area contributed by atoms with Crippen molar-refractivity contribution in [1.29, 1.82) is 0 Å². The molecular formula is C34H44N6O2. The molecular weight excluding hydrogens is 524 g/mol. The van der Waals surface area contributed by atoms with E-state index in [1.165, 1.54) is 0 Å². The molecule has 0 bridgehead atoms. The third-order valence-electron chi connectivity index (χ3n) is 7.78. The molecule has 2 heterocycles. The maximum Gasteiger partial charge on any atom is 0.292 e. The standard InChI is InChI=1S/C34H44N6O2/c1-9-11-13-39-17-15-37(7)33(39)31(41)35-29-23(3)19-27(20-24(29)4)28-21-25(5)30(26(6)22-28)36-32(42)34-38(8)16-18-40(34)14-12-10-2/h15-22H,9-14H2,1-8H3. The molecule has 0 aliphatic heterocycles. The summed E-state index contributed by atoms with van der Waals surface area (Å²) < 4.78 is 7.65. The summed E-state index contributed by atoms with van der Waals surface area (Å²) in [7, 11) is 3.76. The molecule has 4 aromatic rings. The van der Waals surface area contributed by atoms with Crippen LogP contribution < -0.4 is 19.3 Å². The number of hydrogen-bond acceptors (Lipinski definition) is 4. The molecule has 4 rings (SSSR count). The smallest absolute Gasteiger partial charge is 0.292 e. The van der Waals surface area contributed by atoms with Gasteiger partial charge in [0.1, 0.15) is 24.8 Å². The fraction of sp³-hybridized carbons (Fsp3) is 0.412. The Labute approximate surface area is 250 Å². The van der Waals surface area contributed by atoms with E-state index in [1.807, 2.05) is 84.8 Å². The lowest BCUT2D eigenvalue weighted by molar-refractivity contribution is -0.674. The molecule has 0 saturated heterocycles. The minimum absolute atomic E-state index is 0.242. The maximum atomic E-state index is 13.3. The van der Waals surface area contributed by atoms with Crippen molar-refractivity contribution in [3.05, 3.63) is 83.0 Å². The normalized spacial score (nSPS) is 12.4. The zero-order valence-electron chi connectivity index (χ0n) is 26.4. The highest BCUT2D eigenvalue weighted by Crippen LogP contribution is 2.34. The van der Waals surface area contributed by atoms with Crippen LogP contribution in [-0.4, -0.2) is 20.9 Å². The summed E-state index contributed by atoms with van der Waals surface area (Å²) in [4.78, 5) is 9.13. The van der Waals surface area contributed by atoms with E-state index < -0.39 is 0 Å². The van der Waals surface area contributed by atoms with Crippen LogP contribution in [0.3, 0.4) is 0 Å². The second kappa shape index (κ2) is 13.2. The van der Waals surface area contributed by atoms with Crippen LogP contribution in [0.2, 0.25) is 0 Å². The van der Waals surface area contributed by atoms with Crippen molar-refractivity contribution in [2.45, 2.75) is 80.3 Å². The molecule has 0 aliphatic carbocycles. The van der Waals surface area contributed by atoms with Gasteiger partial charge in [-0.3, -0.25) is 9.98 Å². The number of imidazole rings is 2. The van der Waals surface area contributed by atoms with Gasteiger partial charge in [-0.25, -0.2) is 18.3 Å². The molecule has 42 heavy (non-hydrogen) atoms. The topological polar surface area (TPSA) is 88.5 Å². The number of hydrogen-bond donors (Lipinski definition) is 0. The molecule has 0 atom stereocenters. The second-order valence-corrected chi connectivity index (χ2v) is 11.3. The third kappa shape index (κ3) is 6.48. The lowest BCUT2D eigenvalue weighted by atomic mass is 9.95. The minimum atomic E-state index is -0.242. The van der Waals surface area contributed by atoms with Crippen molar-refractivity contribution in [2.24, 2.45) is 24.1 Å². The number of unbranched alkanes of at least 4 members (excludes halogenated alkanes) is 2. The fourth-order valence-electron chi connectivity index (χ4n) is 5.51. The van der Waals surface area contributed by atoms with Crippen LogP contribution >= 0.6 is 0 Å². The average molecular weight is 569 g/mol. The van der Waals surface area contributed by atoms with E-state index >= 15 is 0 Å². The van der Waals surface area contributed by atoms with Gasteiger partial charge in [-0.1, -0.05) is 26.7 Å². The zero-order valence-corrected chi connectivity index (χ0v) is 26.4. The van der Waals surface area contributed by atoms with Gasteiger partial charge in [0.15, 0.2) is 0 Å². The Balaban J connectivity index is 1.66. The van der Waals surface area contributed by atoms with Gasteiger partial charge in [0.05, 0.1) is 50.4 Å². The van der Waals surface area contributed by atoms with E-state index in [0.29, 0.717) is 23.0 Å². The first-order valence-electron chi connectivity index (χ1n) is 14.9. The van der Waals surface area contributed by atoms with E-state index in [1.54, 1.807) is 0 Å². The number of rotatable bonds is 11. The van der Waals surface area contributed by atoms with E-state index in [2.05, 4.69) is 48.1 Å².